The largest absolute Gasteiger partial charge is 0.480 e. The number of ether oxygens (including phenoxy) is 1. The van der Waals surface area contributed by atoms with Crippen molar-refractivity contribution in [3.8, 4) is 0 Å². The third-order valence-corrected chi connectivity index (χ3v) is 3.03. The molecule has 0 saturated carbocycles. The van der Waals surface area contributed by atoms with Crippen molar-refractivity contribution >= 4 is 29.6 Å². The van der Waals surface area contributed by atoms with Gasteiger partial charge >= 0.3 is 11.9 Å². The molecule has 0 rings (SSSR count). The number of nitrogens with one attached hydrogen (secondary N) is 1. The van der Waals surface area contributed by atoms with Crippen molar-refractivity contribution in [1.82, 2.24) is 5.32 Å². The number of carboxylic acids is 1. The summed E-state index contributed by atoms with van der Waals surface area (Å²) in [6.07, 6.45) is 0. The van der Waals surface area contributed by atoms with Crippen molar-refractivity contribution in [3.63, 3.8) is 0 Å². The quantitative estimate of drug-likeness (QED) is 0.640. The summed E-state index contributed by atoms with van der Waals surface area (Å²) >= 11 is 1.13. The number of esters is 1. The minimum absolute atomic E-state index is 0.120. The van der Waals surface area contributed by atoms with Gasteiger partial charge < -0.3 is 15.2 Å². The highest BCUT2D eigenvalue weighted by Crippen LogP contribution is 2.13. The van der Waals surface area contributed by atoms with E-state index >= 15 is 0 Å². The minimum Gasteiger partial charge on any atom is -0.480 e. The van der Waals surface area contributed by atoms with E-state index in [9.17, 15) is 14.4 Å². The van der Waals surface area contributed by atoms with Crippen LogP contribution in [0.25, 0.3) is 0 Å². The van der Waals surface area contributed by atoms with Crippen LogP contribution in [0.4, 0.5) is 0 Å². The molecule has 2 atom stereocenters. The number of carboxylic acid groups (broad SMARTS) is 1. The molecule has 0 aliphatic heterocycles. The maximum absolute atomic E-state index is 11.3. The second-order valence-corrected chi connectivity index (χ2v) is 4.69. The molecule has 17 heavy (non-hydrogen) atoms. The first kappa shape index (κ1) is 15.8. The Morgan fingerprint density at radius 3 is 2.41 bits per heavy atom. The number of aliphatic carboxylic acids is 1. The lowest BCUT2D eigenvalue weighted by Crippen LogP contribution is -2.42. The molecule has 2 N–H and O–H groups in total. The van der Waals surface area contributed by atoms with Crippen molar-refractivity contribution < 1.29 is 24.2 Å². The number of amides is 1. The van der Waals surface area contributed by atoms with Crippen LogP contribution in [0.15, 0.2) is 0 Å². The van der Waals surface area contributed by atoms with Gasteiger partial charge in [0.15, 0.2) is 0 Å². The van der Waals surface area contributed by atoms with Gasteiger partial charge in [-0.2, -0.15) is 0 Å². The monoisotopic (exact) mass is 263 g/mol. The summed E-state index contributed by atoms with van der Waals surface area (Å²) in [4.78, 5) is 32.8. The Hall–Kier alpha value is -1.24. The van der Waals surface area contributed by atoms with Gasteiger partial charge in [0.25, 0.3) is 0 Å². The molecule has 6 nitrogen and oxygen atoms in total. The highest BCUT2D eigenvalue weighted by molar-refractivity contribution is 8.00. The van der Waals surface area contributed by atoms with E-state index in [0.29, 0.717) is 0 Å². The Labute approximate surface area is 104 Å². The predicted octanol–water partition coefficient (Wildman–Crippen LogP) is 0.260. The average Bonchev–Trinajstić information content (AvgIpc) is 2.23. The normalized spacial score (nSPS) is 13.6. The molecule has 0 aliphatic rings. The van der Waals surface area contributed by atoms with Crippen LogP contribution in [0.2, 0.25) is 0 Å². The molecular weight excluding hydrogens is 246 g/mol. The van der Waals surface area contributed by atoms with Crippen LogP contribution in [-0.2, 0) is 19.1 Å². The van der Waals surface area contributed by atoms with Crippen LogP contribution in [0, 0.1) is 0 Å². The van der Waals surface area contributed by atoms with Gasteiger partial charge in [0, 0.05) is 12.7 Å². The zero-order valence-electron chi connectivity index (χ0n) is 10.1. The van der Waals surface area contributed by atoms with Gasteiger partial charge in [-0.25, -0.2) is 4.79 Å². The summed E-state index contributed by atoms with van der Waals surface area (Å²) in [5, 5.41) is 10.7. The van der Waals surface area contributed by atoms with Crippen LogP contribution >= 0.6 is 11.8 Å². The lowest BCUT2D eigenvalue weighted by molar-refractivity contribution is -0.142. The van der Waals surface area contributed by atoms with Gasteiger partial charge in [-0.1, -0.05) is 0 Å². The smallest absolute Gasteiger partial charge is 0.327 e. The molecule has 0 aliphatic carbocycles. The maximum Gasteiger partial charge on any atom is 0.327 e. The Kier molecular flexibility index (Phi) is 7.36. The molecule has 0 bridgehead atoms. The fourth-order valence-electron chi connectivity index (χ4n) is 0.988. The van der Waals surface area contributed by atoms with E-state index in [0.717, 1.165) is 11.8 Å². The Morgan fingerprint density at radius 2 is 2.00 bits per heavy atom. The zero-order chi connectivity index (χ0) is 13.4. The standard InChI is InChI=1S/C10H17NO5S/c1-4-16-10(15)6(2)17-5-8(9(13)14)11-7(3)12/h6,8H,4-5H2,1-3H3,(H,11,12)(H,13,14). The fourth-order valence-corrected chi connectivity index (χ4v) is 1.90. The van der Waals surface area contributed by atoms with E-state index in [1.807, 2.05) is 0 Å². The van der Waals surface area contributed by atoms with Crippen LogP contribution in [0.3, 0.4) is 0 Å². The second-order valence-electron chi connectivity index (χ2n) is 3.32. The van der Waals surface area contributed by atoms with E-state index < -0.39 is 23.2 Å². The molecule has 7 heteroatoms. The molecule has 0 saturated heterocycles. The number of thioether (sulfide) groups is 1. The highest BCUT2D eigenvalue weighted by Gasteiger charge is 2.22. The number of carbonyl (C=O) groups is 3. The first-order chi connectivity index (χ1) is 7.88. The summed E-state index contributed by atoms with van der Waals surface area (Å²) in [7, 11) is 0. The minimum atomic E-state index is -1.12. The van der Waals surface area contributed by atoms with Crippen LogP contribution < -0.4 is 5.32 Å². The molecule has 1 amide bonds. The summed E-state index contributed by atoms with van der Waals surface area (Å²) in [6.45, 7) is 4.87. The van der Waals surface area contributed by atoms with Crippen LogP contribution in [0.1, 0.15) is 20.8 Å². The topological polar surface area (TPSA) is 92.7 Å². The van der Waals surface area contributed by atoms with Gasteiger partial charge in [-0.3, -0.25) is 9.59 Å². The van der Waals surface area contributed by atoms with E-state index in [2.05, 4.69) is 5.32 Å². The van der Waals surface area contributed by atoms with Crippen molar-refractivity contribution in [2.75, 3.05) is 12.4 Å². The van der Waals surface area contributed by atoms with Crippen molar-refractivity contribution in [2.45, 2.75) is 32.1 Å². The van der Waals surface area contributed by atoms with Crippen LogP contribution in [0.5, 0.6) is 0 Å². The summed E-state index contributed by atoms with van der Waals surface area (Å²) in [6, 6.07) is -0.991. The van der Waals surface area contributed by atoms with Gasteiger partial charge in [-0.15, -0.1) is 11.8 Å². The fraction of sp³-hybridized carbons (Fsp3) is 0.700. The number of hydrogen-bond acceptors (Lipinski definition) is 5. The Morgan fingerprint density at radius 1 is 1.41 bits per heavy atom. The van der Waals surface area contributed by atoms with E-state index in [4.69, 9.17) is 9.84 Å². The van der Waals surface area contributed by atoms with E-state index in [1.165, 1.54) is 6.92 Å². The van der Waals surface area contributed by atoms with Gasteiger partial charge in [0.05, 0.1) is 11.9 Å². The first-order valence-corrected chi connectivity index (χ1v) is 6.21. The SMILES string of the molecule is CCOC(=O)C(C)SCC(NC(C)=O)C(=O)O. The van der Waals surface area contributed by atoms with Gasteiger partial charge in [0.2, 0.25) is 5.91 Å². The molecule has 0 spiro atoms. The van der Waals surface area contributed by atoms with E-state index in [1.54, 1.807) is 13.8 Å². The lowest BCUT2D eigenvalue weighted by atomic mass is 10.3. The average molecular weight is 263 g/mol. The van der Waals surface area contributed by atoms with Crippen LogP contribution in [-0.4, -0.2) is 46.6 Å². The van der Waals surface area contributed by atoms with Crippen molar-refractivity contribution in [2.24, 2.45) is 0 Å². The molecular formula is C10H17NO5S. The Balaban J connectivity index is 4.16. The maximum atomic E-state index is 11.3. The predicted molar refractivity (Wildman–Crippen MR) is 63.8 cm³/mol. The second kappa shape index (κ2) is 7.94. The molecule has 0 aromatic heterocycles. The van der Waals surface area contributed by atoms with Gasteiger partial charge in [-0.05, 0) is 13.8 Å². The zero-order valence-corrected chi connectivity index (χ0v) is 10.9. The van der Waals surface area contributed by atoms with E-state index in [-0.39, 0.29) is 18.3 Å². The molecule has 0 aromatic rings. The highest BCUT2D eigenvalue weighted by atomic mass is 32.2. The van der Waals surface area contributed by atoms with Crippen molar-refractivity contribution in [3.05, 3.63) is 0 Å². The third kappa shape index (κ3) is 6.83. The first-order valence-electron chi connectivity index (χ1n) is 5.16. The molecule has 98 valence electrons. The summed E-state index contributed by atoms with van der Waals surface area (Å²) in [5.74, 6) is -1.80. The van der Waals surface area contributed by atoms with Crippen molar-refractivity contribution in [1.29, 1.82) is 0 Å². The third-order valence-electron chi connectivity index (χ3n) is 1.81. The molecule has 0 fully saturated rings. The summed E-state index contributed by atoms with van der Waals surface area (Å²) in [5.41, 5.74) is 0. The molecule has 0 aromatic carbocycles. The lowest BCUT2D eigenvalue weighted by Gasteiger charge is -2.15. The Bertz CT molecular complexity index is 294. The number of rotatable bonds is 7. The molecule has 0 radical (unpaired) electrons. The molecule has 0 heterocycles. The molecule has 2 unspecified atom stereocenters. The summed E-state index contributed by atoms with van der Waals surface area (Å²) < 4.78 is 4.78. The number of carbonyl (C=O) groups excluding carboxylic acids is 2. The number of hydrogen-bond donors (Lipinski definition) is 2. The van der Waals surface area contributed by atoms with Gasteiger partial charge in [0.1, 0.15) is 6.04 Å².